The fourth-order valence-electron chi connectivity index (χ4n) is 1.79. The van der Waals surface area contributed by atoms with E-state index < -0.39 is 12.7 Å². The van der Waals surface area contributed by atoms with Gasteiger partial charge in [-0.3, -0.25) is 4.79 Å². The summed E-state index contributed by atoms with van der Waals surface area (Å²) in [5.74, 6) is -0.305. The predicted molar refractivity (Wildman–Crippen MR) is 67.7 cm³/mol. The van der Waals surface area contributed by atoms with Crippen molar-refractivity contribution in [1.29, 1.82) is 0 Å². The van der Waals surface area contributed by atoms with Gasteiger partial charge in [0.2, 0.25) is 0 Å². The lowest BCUT2D eigenvalue weighted by molar-refractivity contribution is -0.0506. The Morgan fingerprint density at radius 2 is 2.05 bits per heavy atom. The van der Waals surface area contributed by atoms with E-state index in [1.54, 1.807) is 25.1 Å². The van der Waals surface area contributed by atoms with Crippen LogP contribution in [-0.2, 0) is 0 Å². The topological polar surface area (TPSA) is 51.5 Å². The monoisotopic (exact) mass is 281 g/mol. The van der Waals surface area contributed by atoms with Crippen molar-refractivity contribution in [2.24, 2.45) is 0 Å². The third-order valence-corrected chi connectivity index (χ3v) is 2.73. The number of halogens is 2. The van der Waals surface area contributed by atoms with Gasteiger partial charge in [0.05, 0.1) is 17.9 Å². The van der Waals surface area contributed by atoms with Gasteiger partial charge >= 0.3 is 6.61 Å². The SMILES string of the molecule is C[C@@H](NC(=O)c1ccoc1)c1ccccc1OC(F)F. The minimum absolute atomic E-state index is 0.0440. The Morgan fingerprint density at radius 3 is 2.70 bits per heavy atom. The number of ether oxygens (including phenoxy) is 1. The van der Waals surface area contributed by atoms with Crippen LogP contribution in [0.25, 0.3) is 0 Å². The first-order valence-corrected chi connectivity index (χ1v) is 5.94. The second-order valence-corrected chi connectivity index (χ2v) is 4.12. The van der Waals surface area contributed by atoms with Gasteiger partial charge in [-0.05, 0) is 19.1 Å². The molecule has 20 heavy (non-hydrogen) atoms. The maximum Gasteiger partial charge on any atom is 0.387 e. The lowest BCUT2D eigenvalue weighted by Gasteiger charge is -2.17. The Bertz CT molecular complexity index is 570. The molecule has 0 saturated heterocycles. The lowest BCUT2D eigenvalue weighted by atomic mass is 10.1. The highest BCUT2D eigenvalue weighted by Crippen LogP contribution is 2.26. The van der Waals surface area contributed by atoms with Crippen LogP contribution in [0.5, 0.6) is 5.75 Å². The molecule has 2 aromatic rings. The number of carbonyl (C=O) groups is 1. The normalized spacial score (nSPS) is 12.2. The Morgan fingerprint density at radius 1 is 1.30 bits per heavy atom. The average molecular weight is 281 g/mol. The molecule has 0 saturated carbocycles. The smallest absolute Gasteiger partial charge is 0.387 e. The molecule has 0 bridgehead atoms. The first-order valence-electron chi connectivity index (χ1n) is 5.94. The first-order chi connectivity index (χ1) is 9.58. The van der Waals surface area contributed by atoms with E-state index in [4.69, 9.17) is 4.42 Å². The van der Waals surface area contributed by atoms with Crippen molar-refractivity contribution in [3.05, 3.63) is 54.0 Å². The van der Waals surface area contributed by atoms with E-state index in [0.29, 0.717) is 11.1 Å². The van der Waals surface area contributed by atoms with Crippen molar-refractivity contribution < 1.29 is 22.7 Å². The standard InChI is InChI=1S/C14H13F2NO3/c1-9(17-13(18)10-6-7-19-8-10)11-4-2-3-5-12(11)20-14(15)16/h2-9,14H,1H3,(H,17,18)/t9-/m1/s1. The van der Waals surface area contributed by atoms with Crippen molar-refractivity contribution in [3.63, 3.8) is 0 Å². The molecule has 0 radical (unpaired) electrons. The maximum atomic E-state index is 12.3. The third kappa shape index (κ3) is 3.34. The van der Waals surface area contributed by atoms with Gasteiger partial charge < -0.3 is 14.5 Å². The number of benzene rings is 1. The number of hydrogen-bond acceptors (Lipinski definition) is 3. The molecule has 0 aliphatic rings. The first kappa shape index (κ1) is 14.0. The van der Waals surface area contributed by atoms with E-state index in [1.807, 2.05) is 0 Å². The van der Waals surface area contributed by atoms with Crippen molar-refractivity contribution in [2.75, 3.05) is 0 Å². The highest BCUT2D eigenvalue weighted by Gasteiger charge is 2.17. The van der Waals surface area contributed by atoms with Crippen LogP contribution in [0.15, 0.2) is 47.3 Å². The summed E-state index contributed by atoms with van der Waals surface area (Å²) >= 11 is 0. The Kier molecular flexibility index (Phi) is 4.34. The van der Waals surface area contributed by atoms with E-state index >= 15 is 0 Å². The Labute approximate surface area is 114 Å². The van der Waals surface area contributed by atoms with Crippen LogP contribution >= 0.6 is 0 Å². The second-order valence-electron chi connectivity index (χ2n) is 4.12. The number of para-hydroxylation sites is 1. The molecule has 106 valence electrons. The molecule has 4 nitrogen and oxygen atoms in total. The molecule has 0 aliphatic heterocycles. The summed E-state index contributed by atoms with van der Waals surface area (Å²) in [6.07, 6.45) is 2.69. The summed E-state index contributed by atoms with van der Waals surface area (Å²) in [5.41, 5.74) is 0.841. The summed E-state index contributed by atoms with van der Waals surface area (Å²) in [7, 11) is 0. The van der Waals surface area contributed by atoms with Gasteiger partial charge in [0.25, 0.3) is 5.91 Å². The van der Waals surface area contributed by atoms with Gasteiger partial charge in [-0.25, -0.2) is 0 Å². The third-order valence-electron chi connectivity index (χ3n) is 2.73. The zero-order chi connectivity index (χ0) is 14.5. The minimum atomic E-state index is -2.91. The Balaban J connectivity index is 2.13. The van der Waals surface area contributed by atoms with Crippen LogP contribution in [0.2, 0.25) is 0 Å². The molecule has 1 N–H and O–H groups in total. The molecule has 0 fully saturated rings. The van der Waals surface area contributed by atoms with E-state index in [0.717, 1.165) is 0 Å². The van der Waals surface area contributed by atoms with Gasteiger partial charge in [0, 0.05) is 5.56 Å². The van der Waals surface area contributed by atoms with E-state index in [9.17, 15) is 13.6 Å². The van der Waals surface area contributed by atoms with E-state index in [-0.39, 0.29) is 11.7 Å². The van der Waals surface area contributed by atoms with E-state index in [2.05, 4.69) is 10.1 Å². The molecule has 1 amide bonds. The highest BCUT2D eigenvalue weighted by molar-refractivity contribution is 5.94. The molecular formula is C14H13F2NO3. The van der Waals surface area contributed by atoms with Crippen LogP contribution in [0.3, 0.4) is 0 Å². The predicted octanol–water partition coefficient (Wildman–Crippen LogP) is 3.37. The van der Waals surface area contributed by atoms with Crippen molar-refractivity contribution in [3.8, 4) is 5.75 Å². The molecule has 2 rings (SSSR count). The van der Waals surface area contributed by atoms with Gasteiger partial charge in [0.1, 0.15) is 12.0 Å². The van der Waals surface area contributed by atoms with Gasteiger partial charge in [0.15, 0.2) is 0 Å². The molecule has 6 heteroatoms. The zero-order valence-corrected chi connectivity index (χ0v) is 10.7. The van der Waals surface area contributed by atoms with Crippen molar-refractivity contribution in [2.45, 2.75) is 19.6 Å². The van der Waals surface area contributed by atoms with Gasteiger partial charge in [-0.2, -0.15) is 8.78 Å². The summed E-state index contributed by atoms with van der Waals surface area (Å²) in [6, 6.07) is 7.37. The number of furan rings is 1. The maximum absolute atomic E-state index is 12.3. The number of rotatable bonds is 5. The minimum Gasteiger partial charge on any atom is -0.472 e. The Hall–Kier alpha value is -2.37. The molecule has 0 aliphatic carbocycles. The highest BCUT2D eigenvalue weighted by atomic mass is 19.3. The molecular weight excluding hydrogens is 268 g/mol. The fourth-order valence-corrected chi connectivity index (χ4v) is 1.79. The van der Waals surface area contributed by atoms with E-state index in [1.165, 1.54) is 24.7 Å². The molecule has 0 unspecified atom stereocenters. The van der Waals surface area contributed by atoms with Crippen LogP contribution in [0.1, 0.15) is 28.9 Å². The fraction of sp³-hybridized carbons (Fsp3) is 0.214. The van der Waals surface area contributed by atoms with Crippen LogP contribution in [-0.4, -0.2) is 12.5 Å². The number of hydrogen-bond donors (Lipinski definition) is 1. The van der Waals surface area contributed by atoms with Crippen LogP contribution in [0.4, 0.5) is 8.78 Å². The largest absolute Gasteiger partial charge is 0.472 e. The molecule has 0 spiro atoms. The summed E-state index contributed by atoms with van der Waals surface area (Å²) < 4.78 is 33.9. The van der Waals surface area contributed by atoms with Crippen molar-refractivity contribution >= 4 is 5.91 Å². The molecule has 1 atom stereocenters. The van der Waals surface area contributed by atoms with Gasteiger partial charge in [-0.1, -0.05) is 18.2 Å². The molecule has 1 aromatic carbocycles. The van der Waals surface area contributed by atoms with Crippen molar-refractivity contribution in [1.82, 2.24) is 5.32 Å². The summed E-state index contributed by atoms with van der Waals surface area (Å²) in [4.78, 5) is 11.9. The summed E-state index contributed by atoms with van der Waals surface area (Å²) in [6.45, 7) is -1.22. The second kappa shape index (κ2) is 6.18. The lowest BCUT2D eigenvalue weighted by Crippen LogP contribution is -2.26. The zero-order valence-electron chi connectivity index (χ0n) is 10.7. The number of carbonyl (C=O) groups excluding carboxylic acids is 1. The van der Waals surface area contributed by atoms with Crippen LogP contribution in [0, 0.1) is 0 Å². The molecule has 1 heterocycles. The average Bonchev–Trinajstić information content (AvgIpc) is 2.92. The van der Waals surface area contributed by atoms with Crippen LogP contribution < -0.4 is 10.1 Å². The quantitative estimate of drug-likeness (QED) is 0.914. The van der Waals surface area contributed by atoms with Gasteiger partial charge in [-0.15, -0.1) is 0 Å². The summed E-state index contributed by atoms with van der Waals surface area (Å²) in [5, 5.41) is 2.69. The number of nitrogens with one attached hydrogen (secondary N) is 1. The number of alkyl halides is 2. The molecule has 1 aromatic heterocycles. The number of amides is 1.